The topological polar surface area (TPSA) is 88.8 Å². The third-order valence-corrected chi connectivity index (χ3v) is 5.65. The number of rotatable bonds is 8. The van der Waals surface area contributed by atoms with E-state index >= 15 is 0 Å². The smallest absolute Gasteiger partial charge is 0.330 e. The van der Waals surface area contributed by atoms with Gasteiger partial charge in [-0.05, 0) is 43.3 Å². The van der Waals surface area contributed by atoms with Gasteiger partial charge in [0.05, 0.1) is 12.7 Å². The third kappa shape index (κ3) is 5.88. The summed E-state index contributed by atoms with van der Waals surface area (Å²) in [5.41, 5.74) is 0.671. The molecular formula is C23H31N5O4. The lowest BCUT2D eigenvalue weighted by molar-refractivity contribution is -0.116. The van der Waals surface area contributed by atoms with Crippen molar-refractivity contribution >= 4 is 17.7 Å². The van der Waals surface area contributed by atoms with Crippen LogP contribution >= 0.6 is 0 Å². The Morgan fingerprint density at radius 2 is 1.78 bits per heavy atom. The molecule has 0 aliphatic carbocycles. The molecule has 0 spiro atoms. The standard InChI is InChI=1S/C23H31N5O4/c1-25-17-18(22(30)26(2)23(25)31)5-10-21(29)24-11-4-12-27-13-15-28(16-14-27)19-6-8-20(32-3)9-7-19/h5-10,17H,4,11-16H2,1-3H3,(H,24,29)/b10-5+. The van der Waals surface area contributed by atoms with Crippen molar-refractivity contribution in [3.8, 4) is 5.75 Å². The van der Waals surface area contributed by atoms with E-state index in [2.05, 4.69) is 27.2 Å². The lowest BCUT2D eigenvalue weighted by Crippen LogP contribution is -2.47. The second-order valence-corrected chi connectivity index (χ2v) is 7.85. The van der Waals surface area contributed by atoms with Gasteiger partial charge in [0.15, 0.2) is 0 Å². The van der Waals surface area contributed by atoms with E-state index in [0.29, 0.717) is 12.1 Å². The van der Waals surface area contributed by atoms with Gasteiger partial charge in [0, 0.05) is 64.8 Å². The maximum atomic E-state index is 12.1. The average Bonchev–Trinajstić information content (AvgIpc) is 2.82. The number of hydrogen-bond acceptors (Lipinski definition) is 6. The first-order chi connectivity index (χ1) is 15.4. The van der Waals surface area contributed by atoms with E-state index in [1.54, 1.807) is 14.2 Å². The Hall–Kier alpha value is -3.33. The van der Waals surface area contributed by atoms with Crippen molar-refractivity contribution in [3.05, 3.63) is 62.9 Å². The molecule has 9 nitrogen and oxygen atoms in total. The highest BCUT2D eigenvalue weighted by Gasteiger charge is 2.16. The molecule has 1 fully saturated rings. The van der Waals surface area contributed by atoms with E-state index in [4.69, 9.17) is 4.74 Å². The molecule has 0 radical (unpaired) electrons. The summed E-state index contributed by atoms with van der Waals surface area (Å²) in [7, 11) is 4.65. The second kappa shape index (κ2) is 10.8. The summed E-state index contributed by atoms with van der Waals surface area (Å²) in [4.78, 5) is 40.6. The van der Waals surface area contributed by atoms with Gasteiger partial charge in [0.1, 0.15) is 5.75 Å². The zero-order chi connectivity index (χ0) is 23.1. The quantitative estimate of drug-likeness (QED) is 0.472. The summed E-state index contributed by atoms with van der Waals surface area (Å²) in [6.45, 7) is 5.38. The summed E-state index contributed by atoms with van der Waals surface area (Å²) < 4.78 is 7.55. The van der Waals surface area contributed by atoms with Gasteiger partial charge in [-0.1, -0.05) is 0 Å². The molecule has 1 saturated heterocycles. The number of carbonyl (C=O) groups excluding carboxylic acids is 1. The molecule has 1 N–H and O–H groups in total. The number of hydrogen-bond donors (Lipinski definition) is 1. The molecule has 2 aromatic rings. The fraction of sp³-hybridized carbons (Fsp3) is 0.435. The Labute approximate surface area is 187 Å². The predicted molar refractivity (Wildman–Crippen MR) is 125 cm³/mol. The first kappa shape index (κ1) is 23.3. The minimum absolute atomic E-state index is 0.259. The van der Waals surface area contributed by atoms with E-state index < -0.39 is 11.2 Å². The second-order valence-electron chi connectivity index (χ2n) is 7.85. The van der Waals surface area contributed by atoms with Gasteiger partial charge in [-0.2, -0.15) is 0 Å². The van der Waals surface area contributed by atoms with Gasteiger partial charge >= 0.3 is 5.69 Å². The molecule has 0 atom stereocenters. The Balaban J connectivity index is 1.38. The van der Waals surface area contributed by atoms with Crippen LogP contribution in [-0.4, -0.2) is 66.3 Å². The molecule has 9 heteroatoms. The van der Waals surface area contributed by atoms with Crippen LogP contribution in [0.1, 0.15) is 12.0 Å². The van der Waals surface area contributed by atoms with Crippen LogP contribution in [0.3, 0.4) is 0 Å². The molecule has 2 heterocycles. The molecule has 1 aromatic carbocycles. The van der Waals surface area contributed by atoms with Crippen LogP contribution in [-0.2, 0) is 18.9 Å². The van der Waals surface area contributed by atoms with Crippen molar-refractivity contribution in [2.75, 3.05) is 51.3 Å². The zero-order valence-electron chi connectivity index (χ0n) is 18.9. The Morgan fingerprint density at radius 3 is 2.44 bits per heavy atom. The van der Waals surface area contributed by atoms with Gasteiger partial charge < -0.3 is 19.5 Å². The minimum atomic E-state index is -0.425. The number of piperazine rings is 1. The number of amides is 1. The lowest BCUT2D eigenvalue weighted by Gasteiger charge is -2.36. The van der Waals surface area contributed by atoms with Crippen molar-refractivity contribution in [2.24, 2.45) is 14.1 Å². The van der Waals surface area contributed by atoms with E-state index in [-0.39, 0.29) is 5.91 Å². The molecule has 1 aliphatic rings. The summed E-state index contributed by atoms with van der Waals surface area (Å²) in [5.74, 6) is 0.603. The predicted octanol–water partition coefficient (Wildman–Crippen LogP) is 0.434. The highest BCUT2D eigenvalue weighted by atomic mass is 16.5. The SMILES string of the molecule is COc1ccc(N2CCN(CCCNC(=O)/C=C/c3cn(C)c(=O)n(C)c3=O)CC2)cc1. The minimum Gasteiger partial charge on any atom is -0.497 e. The van der Waals surface area contributed by atoms with E-state index in [0.717, 1.165) is 49.5 Å². The van der Waals surface area contributed by atoms with Crippen LogP contribution in [0.4, 0.5) is 5.69 Å². The van der Waals surface area contributed by atoms with Gasteiger partial charge in [-0.3, -0.25) is 19.1 Å². The van der Waals surface area contributed by atoms with Crippen LogP contribution < -0.4 is 26.2 Å². The number of ether oxygens (including phenoxy) is 1. The first-order valence-corrected chi connectivity index (χ1v) is 10.7. The first-order valence-electron chi connectivity index (χ1n) is 10.7. The van der Waals surface area contributed by atoms with Crippen LogP contribution in [0.5, 0.6) is 5.75 Å². The maximum absolute atomic E-state index is 12.1. The normalized spacial score (nSPS) is 14.7. The fourth-order valence-electron chi connectivity index (χ4n) is 3.71. The number of aryl methyl sites for hydroxylation is 1. The maximum Gasteiger partial charge on any atom is 0.330 e. The van der Waals surface area contributed by atoms with Crippen molar-refractivity contribution in [1.29, 1.82) is 0 Å². The van der Waals surface area contributed by atoms with Gasteiger partial charge in [0.25, 0.3) is 5.56 Å². The summed E-state index contributed by atoms with van der Waals surface area (Å²) in [6, 6.07) is 8.13. The van der Waals surface area contributed by atoms with E-state index in [9.17, 15) is 14.4 Å². The molecule has 172 valence electrons. The molecule has 1 aromatic heterocycles. The summed E-state index contributed by atoms with van der Waals surface area (Å²) in [5, 5.41) is 2.85. The highest BCUT2D eigenvalue weighted by Crippen LogP contribution is 2.20. The fourth-order valence-corrected chi connectivity index (χ4v) is 3.71. The number of aromatic nitrogens is 2. The molecule has 32 heavy (non-hydrogen) atoms. The number of carbonyl (C=O) groups is 1. The van der Waals surface area contributed by atoms with Crippen molar-refractivity contribution in [2.45, 2.75) is 6.42 Å². The largest absolute Gasteiger partial charge is 0.497 e. The van der Waals surface area contributed by atoms with Crippen LogP contribution in [0.2, 0.25) is 0 Å². The number of methoxy groups -OCH3 is 1. The zero-order valence-corrected chi connectivity index (χ0v) is 18.9. The Morgan fingerprint density at radius 1 is 1.09 bits per heavy atom. The lowest BCUT2D eigenvalue weighted by atomic mass is 10.2. The number of nitrogens with one attached hydrogen (secondary N) is 1. The molecular weight excluding hydrogens is 410 g/mol. The van der Waals surface area contributed by atoms with Gasteiger partial charge in [0.2, 0.25) is 5.91 Å². The molecule has 3 rings (SSSR count). The van der Waals surface area contributed by atoms with Gasteiger partial charge in [-0.15, -0.1) is 0 Å². The van der Waals surface area contributed by atoms with Crippen molar-refractivity contribution in [1.82, 2.24) is 19.4 Å². The van der Waals surface area contributed by atoms with E-state index in [1.807, 2.05) is 12.1 Å². The summed E-state index contributed by atoms with van der Waals surface area (Å²) in [6.07, 6.45) is 5.05. The van der Waals surface area contributed by atoms with Gasteiger partial charge in [-0.25, -0.2) is 4.79 Å². The van der Waals surface area contributed by atoms with Crippen molar-refractivity contribution in [3.63, 3.8) is 0 Å². The molecule has 1 amide bonds. The molecule has 1 aliphatic heterocycles. The number of anilines is 1. The average molecular weight is 442 g/mol. The Bertz CT molecular complexity index is 1060. The number of benzene rings is 1. The molecule has 0 bridgehead atoms. The molecule has 0 unspecified atom stereocenters. The summed E-state index contributed by atoms with van der Waals surface area (Å²) >= 11 is 0. The van der Waals surface area contributed by atoms with Crippen LogP contribution in [0.15, 0.2) is 46.1 Å². The van der Waals surface area contributed by atoms with Crippen LogP contribution in [0, 0.1) is 0 Å². The van der Waals surface area contributed by atoms with Crippen LogP contribution in [0.25, 0.3) is 6.08 Å². The van der Waals surface area contributed by atoms with Crippen molar-refractivity contribution < 1.29 is 9.53 Å². The highest BCUT2D eigenvalue weighted by molar-refractivity contribution is 5.91. The van der Waals surface area contributed by atoms with E-state index in [1.165, 1.54) is 35.7 Å². The molecule has 0 saturated carbocycles. The third-order valence-electron chi connectivity index (χ3n) is 5.65. The Kier molecular flexibility index (Phi) is 7.88. The number of nitrogens with zero attached hydrogens (tertiary/aromatic N) is 4. The monoisotopic (exact) mass is 441 g/mol.